The Hall–Kier alpha value is -1.19. The van der Waals surface area contributed by atoms with Gasteiger partial charge in [0.05, 0.1) is 5.25 Å². The second-order valence-corrected chi connectivity index (χ2v) is 6.09. The van der Waals surface area contributed by atoms with Gasteiger partial charge in [-0.2, -0.15) is 0 Å². The van der Waals surface area contributed by atoms with E-state index in [2.05, 4.69) is 38.1 Å². The molecule has 0 spiro atoms. The quantitative estimate of drug-likeness (QED) is 0.818. The number of hydrogen-bond acceptors (Lipinski definition) is 3. The third kappa shape index (κ3) is 3.64. The van der Waals surface area contributed by atoms with Gasteiger partial charge in [-0.25, -0.2) is 0 Å². The van der Waals surface area contributed by atoms with Crippen LogP contribution in [0.4, 0.5) is 0 Å². The molecule has 2 rings (SSSR count). The molecule has 0 amide bonds. The fraction of sp³-hybridized carbons (Fsp3) is 0.375. The first kappa shape index (κ1) is 14.2. The topological polar surface area (TPSA) is 39.2 Å². The summed E-state index contributed by atoms with van der Waals surface area (Å²) < 4.78 is 5.77. The van der Waals surface area contributed by atoms with E-state index in [1.165, 1.54) is 10.5 Å². The Morgan fingerprint density at radius 1 is 1.21 bits per heavy atom. The number of benzene rings is 1. The number of furan rings is 1. The van der Waals surface area contributed by atoms with Crippen LogP contribution >= 0.6 is 11.8 Å². The van der Waals surface area contributed by atoms with Gasteiger partial charge in [0.2, 0.25) is 0 Å². The van der Waals surface area contributed by atoms with Crippen molar-refractivity contribution in [1.29, 1.82) is 0 Å². The van der Waals surface area contributed by atoms with Crippen molar-refractivity contribution in [2.24, 2.45) is 5.73 Å². The minimum absolute atomic E-state index is 0.0936. The summed E-state index contributed by atoms with van der Waals surface area (Å²) in [5, 5.41) is 0.167. The van der Waals surface area contributed by atoms with Crippen LogP contribution in [0.5, 0.6) is 0 Å². The molecule has 2 atom stereocenters. The molecule has 2 N–H and O–H groups in total. The molecule has 0 fully saturated rings. The summed E-state index contributed by atoms with van der Waals surface area (Å²) in [5.74, 6) is 1.91. The van der Waals surface area contributed by atoms with Gasteiger partial charge in [-0.1, -0.05) is 24.6 Å². The predicted octanol–water partition coefficient (Wildman–Crippen LogP) is 4.47. The molecule has 0 aliphatic carbocycles. The Kier molecular flexibility index (Phi) is 4.72. The number of aryl methyl sites for hydroxylation is 2. The number of nitrogens with two attached hydrogens (primary N) is 1. The highest BCUT2D eigenvalue weighted by atomic mass is 32.2. The summed E-state index contributed by atoms with van der Waals surface area (Å²) in [6.07, 6.45) is 0.934. The van der Waals surface area contributed by atoms with Gasteiger partial charge in [-0.3, -0.25) is 0 Å². The SMILES string of the molecule is CCC(N)C(Sc1cccc(C)c1)c1ccc(C)o1. The van der Waals surface area contributed by atoms with Crippen molar-refractivity contribution in [3.05, 3.63) is 53.5 Å². The second-order valence-electron chi connectivity index (χ2n) is 4.88. The van der Waals surface area contributed by atoms with E-state index in [4.69, 9.17) is 10.2 Å². The molecule has 0 saturated carbocycles. The monoisotopic (exact) mass is 275 g/mol. The van der Waals surface area contributed by atoms with E-state index in [1.54, 1.807) is 11.8 Å². The molecule has 1 aromatic heterocycles. The average molecular weight is 275 g/mol. The van der Waals surface area contributed by atoms with E-state index in [-0.39, 0.29) is 11.3 Å². The van der Waals surface area contributed by atoms with Crippen LogP contribution in [-0.2, 0) is 0 Å². The maximum Gasteiger partial charge on any atom is 0.119 e. The van der Waals surface area contributed by atoms with Crippen LogP contribution in [0.25, 0.3) is 0 Å². The van der Waals surface area contributed by atoms with E-state index in [9.17, 15) is 0 Å². The first-order chi connectivity index (χ1) is 9.10. The van der Waals surface area contributed by atoms with Crippen LogP contribution in [0.3, 0.4) is 0 Å². The Morgan fingerprint density at radius 3 is 2.58 bits per heavy atom. The molecular weight excluding hydrogens is 254 g/mol. The van der Waals surface area contributed by atoms with Crippen LogP contribution in [0.1, 0.15) is 35.7 Å². The molecule has 2 unspecified atom stereocenters. The van der Waals surface area contributed by atoms with E-state index in [0.29, 0.717) is 0 Å². The van der Waals surface area contributed by atoms with Crippen molar-refractivity contribution in [3.8, 4) is 0 Å². The van der Waals surface area contributed by atoms with Gasteiger partial charge in [-0.15, -0.1) is 11.8 Å². The zero-order valence-corrected chi connectivity index (χ0v) is 12.5. The summed E-state index contributed by atoms with van der Waals surface area (Å²) in [5.41, 5.74) is 7.53. The van der Waals surface area contributed by atoms with Gasteiger partial charge in [-0.05, 0) is 44.5 Å². The molecular formula is C16H21NOS. The zero-order valence-electron chi connectivity index (χ0n) is 11.7. The van der Waals surface area contributed by atoms with Crippen LogP contribution in [0, 0.1) is 13.8 Å². The van der Waals surface area contributed by atoms with Crippen LogP contribution in [-0.4, -0.2) is 6.04 Å². The Bertz CT molecular complexity index is 535. The molecule has 2 aromatic rings. The summed E-state index contributed by atoms with van der Waals surface area (Å²) in [6, 6.07) is 12.6. The lowest BCUT2D eigenvalue weighted by molar-refractivity contribution is 0.454. The lowest BCUT2D eigenvalue weighted by Gasteiger charge is -2.20. The highest BCUT2D eigenvalue weighted by Crippen LogP contribution is 2.38. The Labute approximate surface area is 119 Å². The fourth-order valence-corrected chi connectivity index (χ4v) is 3.33. The highest BCUT2D eigenvalue weighted by molar-refractivity contribution is 7.99. The highest BCUT2D eigenvalue weighted by Gasteiger charge is 2.23. The van der Waals surface area contributed by atoms with Gasteiger partial charge in [0.15, 0.2) is 0 Å². The largest absolute Gasteiger partial charge is 0.465 e. The zero-order chi connectivity index (χ0) is 13.8. The molecule has 0 radical (unpaired) electrons. The van der Waals surface area contributed by atoms with Gasteiger partial charge in [0.1, 0.15) is 11.5 Å². The maximum absolute atomic E-state index is 6.26. The van der Waals surface area contributed by atoms with Crippen molar-refractivity contribution < 1.29 is 4.42 Å². The van der Waals surface area contributed by atoms with Crippen LogP contribution in [0.15, 0.2) is 45.7 Å². The summed E-state index contributed by atoms with van der Waals surface area (Å²) in [6.45, 7) is 6.19. The smallest absolute Gasteiger partial charge is 0.119 e. The van der Waals surface area contributed by atoms with E-state index in [1.807, 2.05) is 19.1 Å². The Balaban J connectivity index is 2.24. The normalized spacial score (nSPS) is 14.3. The fourth-order valence-electron chi connectivity index (χ4n) is 2.01. The molecule has 19 heavy (non-hydrogen) atoms. The average Bonchev–Trinajstić information content (AvgIpc) is 2.81. The van der Waals surface area contributed by atoms with Crippen molar-refractivity contribution in [2.75, 3.05) is 0 Å². The molecule has 102 valence electrons. The second kappa shape index (κ2) is 6.31. The number of hydrogen-bond donors (Lipinski definition) is 1. The third-order valence-electron chi connectivity index (χ3n) is 3.15. The van der Waals surface area contributed by atoms with Crippen molar-refractivity contribution in [3.63, 3.8) is 0 Å². The molecule has 3 heteroatoms. The first-order valence-corrected chi connectivity index (χ1v) is 7.53. The lowest BCUT2D eigenvalue weighted by atomic mass is 10.1. The van der Waals surface area contributed by atoms with Crippen LogP contribution in [0.2, 0.25) is 0 Å². The molecule has 0 saturated heterocycles. The lowest BCUT2D eigenvalue weighted by Crippen LogP contribution is -2.25. The van der Waals surface area contributed by atoms with Gasteiger partial charge in [0.25, 0.3) is 0 Å². The summed E-state index contributed by atoms with van der Waals surface area (Å²) >= 11 is 1.78. The molecule has 0 aliphatic rings. The van der Waals surface area contributed by atoms with Gasteiger partial charge in [0, 0.05) is 10.9 Å². The van der Waals surface area contributed by atoms with E-state index >= 15 is 0 Å². The van der Waals surface area contributed by atoms with Crippen molar-refractivity contribution in [1.82, 2.24) is 0 Å². The maximum atomic E-state index is 6.26. The van der Waals surface area contributed by atoms with E-state index in [0.717, 1.165) is 17.9 Å². The molecule has 0 aliphatic heterocycles. The Morgan fingerprint density at radius 2 is 2.00 bits per heavy atom. The number of thioether (sulfide) groups is 1. The van der Waals surface area contributed by atoms with Crippen molar-refractivity contribution in [2.45, 2.75) is 43.4 Å². The predicted molar refractivity (Wildman–Crippen MR) is 81.5 cm³/mol. The van der Waals surface area contributed by atoms with Gasteiger partial charge >= 0.3 is 0 Å². The standard InChI is InChI=1S/C16H21NOS/c1-4-14(17)16(15-9-8-12(3)18-15)19-13-7-5-6-11(2)10-13/h5-10,14,16H,4,17H2,1-3H3. The van der Waals surface area contributed by atoms with Crippen LogP contribution < -0.4 is 5.73 Å². The minimum Gasteiger partial charge on any atom is -0.465 e. The summed E-state index contributed by atoms with van der Waals surface area (Å²) in [4.78, 5) is 1.24. The first-order valence-electron chi connectivity index (χ1n) is 6.65. The molecule has 1 heterocycles. The molecule has 1 aromatic carbocycles. The van der Waals surface area contributed by atoms with Gasteiger partial charge < -0.3 is 10.2 Å². The number of rotatable bonds is 5. The molecule has 2 nitrogen and oxygen atoms in total. The van der Waals surface area contributed by atoms with E-state index < -0.39 is 0 Å². The molecule has 0 bridgehead atoms. The third-order valence-corrected chi connectivity index (χ3v) is 4.52. The van der Waals surface area contributed by atoms with Crippen molar-refractivity contribution >= 4 is 11.8 Å². The minimum atomic E-state index is 0.0936. The summed E-state index contributed by atoms with van der Waals surface area (Å²) in [7, 11) is 0.